The Balaban J connectivity index is 1.84. The Bertz CT molecular complexity index is 1210. The van der Waals surface area contributed by atoms with Gasteiger partial charge in [-0.25, -0.2) is 4.79 Å². The lowest BCUT2D eigenvalue weighted by Gasteiger charge is -2.13. The molecule has 0 saturated heterocycles. The Morgan fingerprint density at radius 3 is 1.71 bits per heavy atom. The first kappa shape index (κ1) is 29.5. The van der Waals surface area contributed by atoms with Crippen LogP contribution in [0.1, 0.15) is 11.1 Å². The van der Waals surface area contributed by atoms with Crippen molar-refractivity contribution < 1.29 is 50.5 Å². The molecule has 0 aliphatic rings. The highest BCUT2D eigenvalue weighted by molar-refractivity contribution is 14.1. The zero-order chi connectivity index (χ0) is 27.9. The largest absolute Gasteiger partial charge is 0.573 e. The summed E-state index contributed by atoms with van der Waals surface area (Å²) < 4.78 is 88.9. The summed E-state index contributed by atoms with van der Waals surface area (Å²) in [7, 11) is 0. The van der Waals surface area contributed by atoms with E-state index in [1.807, 2.05) is 0 Å². The molecule has 3 rings (SSSR count). The number of alkyl halides is 6. The number of carboxylic acid groups (broad SMARTS) is 1. The van der Waals surface area contributed by atoms with E-state index in [2.05, 4.69) is 32.1 Å². The molecular weight excluding hydrogens is 653 g/mol. The Hall–Kier alpha value is -3.07. The molecule has 13 heteroatoms. The number of carbonyl (C=O) groups is 1. The number of halogens is 7. The number of thioether (sulfide) groups is 1. The molecule has 0 aliphatic heterocycles. The molecular formula is C25H17F6IO5S. The third kappa shape index (κ3) is 9.67. The fraction of sp³-hybridized carbons (Fsp3) is 0.160. The summed E-state index contributed by atoms with van der Waals surface area (Å²) in [4.78, 5) is 11.5. The van der Waals surface area contributed by atoms with E-state index in [1.54, 1.807) is 24.3 Å². The Labute approximate surface area is 230 Å². The van der Waals surface area contributed by atoms with Crippen molar-refractivity contribution in [2.45, 2.75) is 17.6 Å². The zero-order valence-corrected chi connectivity index (χ0v) is 22.0. The maximum absolute atomic E-state index is 12.5. The van der Waals surface area contributed by atoms with Crippen molar-refractivity contribution in [2.75, 3.05) is 12.4 Å². The highest BCUT2D eigenvalue weighted by Gasteiger charge is 2.31. The van der Waals surface area contributed by atoms with E-state index in [-0.39, 0.29) is 0 Å². The first-order chi connectivity index (χ1) is 17.8. The molecule has 0 bridgehead atoms. The number of carboxylic acids is 1. The van der Waals surface area contributed by atoms with Crippen molar-refractivity contribution in [3.8, 4) is 17.2 Å². The summed E-state index contributed by atoms with van der Waals surface area (Å²) in [6.45, 7) is -0.478. The minimum Gasteiger partial charge on any atom is -0.482 e. The van der Waals surface area contributed by atoms with Gasteiger partial charge in [0.05, 0.1) is 0 Å². The summed E-state index contributed by atoms with van der Waals surface area (Å²) in [6, 6.07) is 15.3. The number of hydrogen-bond acceptors (Lipinski definition) is 5. The second-order valence-electron chi connectivity index (χ2n) is 7.35. The van der Waals surface area contributed by atoms with Crippen LogP contribution in [0.4, 0.5) is 26.3 Å². The summed E-state index contributed by atoms with van der Waals surface area (Å²) in [5.74, 6) is -1.15. The lowest BCUT2D eigenvalue weighted by Crippen LogP contribution is -2.17. The molecule has 0 spiro atoms. The Morgan fingerprint density at radius 1 is 0.816 bits per heavy atom. The molecule has 3 aromatic carbocycles. The van der Waals surface area contributed by atoms with Crippen LogP contribution in [0.15, 0.2) is 77.7 Å². The first-order valence-corrected chi connectivity index (χ1v) is 12.5. The van der Waals surface area contributed by atoms with Crippen LogP contribution in [0.5, 0.6) is 17.2 Å². The molecule has 3 aromatic rings. The van der Waals surface area contributed by atoms with Gasteiger partial charge in [0, 0.05) is 14.2 Å². The number of rotatable bonds is 10. The van der Waals surface area contributed by atoms with Crippen LogP contribution in [-0.2, 0) is 4.79 Å². The van der Waals surface area contributed by atoms with Crippen molar-refractivity contribution in [1.82, 2.24) is 0 Å². The molecule has 0 amide bonds. The lowest BCUT2D eigenvalue weighted by molar-refractivity contribution is -0.275. The van der Waals surface area contributed by atoms with Gasteiger partial charge in [-0.2, -0.15) is 0 Å². The quantitative estimate of drug-likeness (QED) is 0.135. The van der Waals surface area contributed by atoms with Crippen molar-refractivity contribution in [2.24, 2.45) is 0 Å². The summed E-state index contributed by atoms with van der Waals surface area (Å²) in [5, 5.41) is 8.73. The number of aliphatic carboxylic acids is 1. The van der Waals surface area contributed by atoms with Crippen molar-refractivity contribution in [3.05, 3.63) is 87.5 Å². The molecule has 38 heavy (non-hydrogen) atoms. The lowest BCUT2D eigenvalue weighted by atomic mass is 9.97. The van der Waals surface area contributed by atoms with Crippen LogP contribution in [0.25, 0.3) is 5.57 Å². The average Bonchev–Trinajstić information content (AvgIpc) is 2.81. The fourth-order valence-electron chi connectivity index (χ4n) is 3.12. The predicted octanol–water partition coefficient (Wildman–Crippen LogP) is 7.78. The molecule has 202 valence electrons. The Morgan fingerprint density at radius 2 is 1.29 bits per heavy atom. The van der Waals surface area contributed by atoms with E-state index in [1.165, 1.54) is 36.0 Å². The molecule has 1 N–H and O–H groups in total. The van der Waals surface area contributed by atoms with Gasteiger partial charge in [-0.05, 0) is 81.8 Å². The zero-order valence-electron chi connectivity index (χ0n) is 19.0. The van der Waals surface area contributed by atoms with Gasteiger partial charge < -0.3 is 19.3 Å². The van der Waals surface area contributed by atoms with Crippen LogP contribution in [0, 0.1) is 3.57 Å². The van der Waals surface area contributed by atoms with Gasteiger partial charge in [0.2, 0.25) is 0 Å². The summed E-state index contributed by atoms with van der Waals surface area (Å²) >= 11 is 3.49. The number of hydrogen-bond donors (Lipinski definition) is 1. The van der Waals surface area contributed by atoms with E-state index in [0.29, 0.717) is 28.2 Å². The maximum atomic E-state index is 12.5. The number of benzene rings is 3. The second-order valence-corrected chi connectivity index (χ2v) is 9.57. The van der Waals surface area contributed by atoms with Gasteiger partial charge in [-0.15, -0.1) is 38.1 Å². The first-order valence-electron chi connectivity index (χ1n) is 10.5. The molecule has 0 aliphatic carbocycles. The van der Waals surface area contributed by atoms with Crippen molar-refractivity contribution in [1.29, 1.82) is 0 Å². The van der Waals surface area contributed by atoms with Crippen molar-refractivity contribution >= 4 is 45.9 Å². The minimum atomic E-state index is -4.85. The maximum Gasteiger partial charge on any atom is 0.573 e. The predicted molar refractivity (Wildman–Crippen MR) is 136 cm³/mol. The third-order valence-electron chi connectivity index (χ3n) is 4.59. The molecule has 0 heterocycles. The molecule has 0 atom stereocenters. The molecule has 5 nitrogen and oxygen atoms in total. The van der Waals surface area contributed by atoms with Crippen LogP contribution in [0.3, 0.4) is 0 Å². The monoisotopic (exact) mass is 670 g/mol. The van der Waals surface area contributed by atoms with E-state index >= 15 is 0 Å². The minimum absolute atomic E-state index is 0.389. The SMILES string of the molecule is O=C(O)COc1ccc(SCC=C(c2ccc(OC(F)(F)F)cc2)c2ccc(OC(F)(F)F)cc2)c(I)c1. The third-order valence-corrected chi connectivity index (χ3v) is 6.85. The number of ether oxygens (including phenoxy) is 3. The normalized spacial score (nSPS) is 11.6. The smallest absolute Gasteiger partial charge is 0.482 e. The van der Waals surface area contributed by atoms with Gasteiger partial charge in [0.1, 0.15) is 17.2 Å². The summed E-state index contributed by atoms with van der Waals surface area (Å²) in [5.41, 5.74) is 1.58. The Kier molecular flexibility index (Phi) is 9.82. The molecule has 0 aromatic heterocycles. The van der Waals surface area contributed by atoms with E-state index in [0.717, 1.165) is 32.7 Å². The summed E-state index contributed by atoms with van der Waals surface area (Å²) in [6.07, 6.45) is -7.91. The molecule has 0 unspecified atom stereocenters. The van der Waals surface area contributed by atoms with Crippen LogP contribution in [-0.4, -0.2) is 36.2 Å². The average molecular weight is 670 g/mol. The fourth-order valence-corrected chi connectivity index (χ4v) is 4.87. The van der Waals surface area contributed by atoms with Gasteiger partial charge in [0.15, 0.2) is 6.61 Å². The van der Waals surface area contributed by atoms with Crippen molar-refractivity contribution in [3.63, 3.8) is 0 Å². The molecule has 0 fully saturated rings. The molecule has 0 radical (unpaired) electrons. The van der Waals surface area contributed by atoms with Crippen LogP contribution in [0.2, 0.25) is 0 Å². The van der Waals surface area contributed by atoms with Crippen LogP contribution >= 0.6 is 34.4 Å². The highest BCUT2D eigenvalue weighted by Crippen LogP contribution is 2.33. The van der Waals surface area contributed by atoms with Gasteiger partial charge >= 0.3 is 18.7 Å². The van der Waals surface area contributed by atoms with Gasteiger partial charge in [-0.3, -0.25) is 0 Å². The second kappa shape index (κ2) is 12.7. The standard InChI is InChI=1S/C25H17F6IO5S/c26-24(27,28)36-17-5-1-15(2-6-17)20(16-3-7-18(8-4-16)37-25(29,30)31)11-12-38-22-10-9-19(13-21(22)32)35-14-23(33)34/h1-11,13H,12,14H2,(H,33,34). The van der Waals surface area contributed by atoms with Gasteiger partial charge in [0.25, 0.3) is 0 Å². The molecule has 0 saturated carbocycles. The van der Waals surface area contributed by atoms with E-state index in [4.69, 9.17) is 9.84 Å². The highest BCUT2D eigenvalue weighted by atomic mass is 127. The van der Waals surface area contributed by atoms with Crippen LogP contribution < -0.4 is 14.2 Å². The van der Waals surface area contributed by atoms with E-state index < -0.39 is 36.8 Å². The van der Waals surface area contributed by atoms with E-state index in [9.17, 15) is 31.1 Å². The topological polar surface area (TPSA) is 65.0 Å². The van der Waals surface area contributed by atoms with Gasteiger partial charge in [-0.1, -0.05) is 30.3 Å².